The van der Waals surface area contributed by atoms with E-state index in [1.807, 2.05) is 72.6 Å². The first-order chi connectivity index (χ1) is 16.1. The van der Waals surface area contributed by atoms with E-state index in [0.717, 1.165) is 33.5 Å². The summed E-state index contributed by atoms with van der Waals surface area (Å²) < 4.78 is 16.3. The Morgan fingerprint density at radius 3 is 2.12 bits per heavy atom. The zero-order valence-electron chi connectivity index (χ0n) is 19.1. The molecular weight excluding hydrogens is 416 g/mol. The monoisotopic (exact) mass is 444 g/mol. The normalized spacial score (nSPS) is 11.7. The summed E-state index contributed by atoms with van der Waals surface area (Å²) in [6.07, 6.45) is 1.99. The molecule has 0 radical (unpaired) electrons. The second-order valence-electron chi connectivity index (χ2n) is 7.61. The molecular formula is C27H28N2O4. The number of amides is 1. The number of fused-ring (bicyclic) bond motifs is 1. The Kier molecular flexibility index (Phi) is 6.83. The molecule has 6 nitrogen and oxygen atoms in total. The predicted octanol–water partition coefficient (Wildman–Crippen LogP) is 5.20. The first kappa shape index (κ1) is 22.3. The molecule has 1 atom stereocenters. The largest absolute Gasteiger partial charge is 0.497 e. The Balaban J connectivity index is 1.65. The Morgan fingerprint density at radius 1 is 0.879 bits per heavy atom. The highest BCUT2D eigenvalue weighted by Gasteiger charge is 2.28. The highest BCUT2D eigenvalue weighted by atomic mass is 16.5. The van der Waals surface area contributed by atoms with E-state index in [2.05, 4.69) is 11.1 Å². The van der Waals surface area contributed by atoms with Crippen molar-refractivity contribution >= 4 is 16.8 Å². The number of nitrogens with zero attached hydrogens (tertiary/aromatic N) is 1. The molecule has 1 aromatic heterocycles. The molecule has 0 aliphatic heterocycles. The zero-order chi connectivity index (χ0) is 23.2. The van der Waals surface area contributed by atoms with Crippen molar-refractivity contribution < 1.29 is 19.0 Å². The van der Waals surface area contributed by atoms with Gasteiger partial charge >= 0.3 is 0 Å². The summed E-state index contributed by atoms with van der Waals surface area (Å²) in [4.78, 5) is 18.6. The number of likely N-dealkylation sites (N-methyl/N-ethyl adjacent to an activating group) is 1. The Bertz CT molecular complexity index is 1200. The standard InChI is InChI=1S/C27H28N2O4/c1-4-29(26(30)18-33-22-15-13-21(32-3)14-16-22)27(19-9-11-20(31-2)12-10-19)24-17-28-25-8-6-5-7-23(24)25/h5-17,27-28H,4,18H2,1-3H3. The molecule has 0 aliphatic rings. The summed E-state index contributed by atoms with van der Waals surface area (Å²) in [5.41, 5.74) is 3.07. The van der Waals surface area contributed by atoms with Gasteiger partial charge in [0.15, 0.2) is 6.61 Å². The Hall–Kier alpha value is -3.93. The van der Waals surface area contributed by atoms with E-state index in [1.54, 1.807) is 26.4 Å². The average molecular weight is 445 g/mol. The third kappa shape index (κ3) is 4.80. The van der Waals surface area contributed by atoms with E-state index >= 15 is 0 Å². The quantitative estimate of drug-likeness (QED) is 0.385. The van der Waals surface area contributed by atoms with E-state index in [9.17, 15) is 4.79 Å². The Morgan fingerprint density at radius 2 is 1.48 bits per heavy atom. The van der Waals surface area contributed by atoms with Crippen LogP contribution in [0, 0.1) is 0 Å². The third-order valence-corrected chi connectivity index (χ3v) is 5.74. The molecule has 4 rings (SSSR count). The van der Waals surface area contributed by atoms with Crippen molar-refractivity contribution in [2.24, 2.45) is 0 Å². The van der Waals surface area contributed by atoms with Crippen LogP contribution < -0.4 is 14.2 Å². The number of aromatic amines is 1. The minimum absolute atomic E-state index is 0.0603. The number of hydrogen-bond donors (Lipinski definition) is 1. The second kappa shape index (κ2) is 10.1. The van der Waals surface area contributed by atoms with Gasteiger partial charge in [0, 0.05) is 29.2 Å². The first-order valence-corrected chi connectivity index (χ1v) is 10.9. The van der Waals surface area contributed by atoms with Crippen LogP contribution >= 0.6 is 0 Å². The zero-order valence-corrected chi connectivity index (χ0v) is 19.1. The van der Waals surface area contributed by atoms with Gasteiger partial charge in [-0.15, -0.1) is 0 Å². The van der Waals surface area contributed by atoms with Crippen LogP contribution in [0.4, 0.5) is 0 Å². The van der Waals surface area contributed by atoms with Crippen molar-refractivity contribution in [1.29, 1.82) is 0 Å². The van der Waals surface area contributed by atoms with Crippen molar-refractivity contribution in [3.63, 3.8) is 0 Å². The molecule has 3 aromatic carbocycles. The van der Waals surface area contributed by atoms with E-state index in [1.165, 1.54) is 0 Å². The van der Waals surface area contributed by atoms with Crippen LogP contribution in [0.2, 0.25) is 0 Å². The number of ether oxygens (including phenoxy) is 3. The topological polar surface area (TPSA) is 63.8 Å². The maximum absolute atomic E-state index is 13.4. The molecule has 33 heavy (non-hydrogen) atoms. The lowest BCUT2D eigenvalue weighted by molar-refractivity contribution is -0.134. The van der Waals surface area contributed by atoms with Gasteiger partial charge in [-0.1, -0.05) is 30.3 Å². The van der Waals surface area contributed by atoms with Gasteiger partial charge in [-0.25, -0.2) is 0 Å². The number of nitrogens with one attached hydrogen (secondary N) is 1. The number of para-hydroxylation sites is 1. The lowest BCUT2D eigenvalue weighted by Gasteiger charge is -2.31. The Labute approximate surface area is 193 Å². The van der Waals surface area contributed by atoms with Gasteiger partial charge in [-0.05, 0) is 55.0 Å². The number of hydrogen-bond acceptors (Lipinski definition) is 4. The molecule has 6 heteroatoms. The lowest BCUT2D eigenvalue weighted by atomic mass is 9.96. The van der Waals surface area contributed by atoms with Gasteiger partial charge in [0.2, 0.25) is 0 Å². The van der Waals surface area contributed by atoms with Crippen molar-refractivity contribution in [2.75, 3.05) is 27.4 Å². The molecule has 170 valence electrons. The second-order valence-corrected chi connectivity index (χ2v) is 7.61. The van der Waals surface area contributed by atoms with Gasteiger partial charge in [-0.2, -0.15) is 0 Å². The van der Waals surface area contributed by atoms with Gasteiger partial charge in [-0.3, -0.25) is 4.79 Å². The number of rotatable bonds is 9. The molecule has 0 aliphatic carbocycles. The van der Waals surface area contributed by atoms with Gasteiger partial charge in [0.05, 0.1) is 20.3 Å². The number of methoxy groups -OCH3 is 2. The summed E-state index contributed by atoms with van der Waals surface area (Å²) in [7, 11) is 3.26. The molecule has 1 amide bonds. The fourth-order valence-electron chi connectivity index (χ4n) is 4.04. The maximum Gasteiger partial charge on any atom is 0.261 e. The van der Waals surface area contributed by atoms with Crippen molar-refractivity contribution in [3.05, 3.63) is 90.1 Å². The minimum Gasteiger partial charge on any atom is -0.497 e. The number of carbonyl (C=O) groups excluding carboxylic acids is 1. The van der Waals surface area contributed by atoms with Gasteiger partial charge < -0.3 is 24.1 Å². The molecule has 1 heterocycles. The summed E-state index contributed by atoms with van der Waals surface area (Å²) in [5, 5.41) is 1.08. The summed E-state index contributed by atoms with van der Waals surface area (Å²) >= 11 is 0. The van der Waals surface area contributed by atoms with Gasteiger partial charge in [0.25, 0.3) is 5.91 Å². The average Bonchev–Trinajstić information content (AvgIpc) is 3.30. The summed E-state index contributed by atoms with van der Waals surface area (Å²) in [5.74, 6) is 2.03. The molecule has 4 aromatic rings. The van der Waals surface area contributed by atoms with Crippen molar-refractivity contribution in [1.82, 2.24) is 9.88 Å². The molecule has 0 bridgehead atoms. The highest BCUT2D eigenvalue weighted by Crippen LogP contribution is 2.34. The number of aromatic nitrogens is 1. The van der Waals surface area contributed by atoms with Crippen LogP contribution in [0.1, 0.15) is 24.1 Å². The van der Waals surface area contributed by atoms with E-state index in [4.69, 9.17) is 14.2 Å². The predicted molar refractivity (Wildman–Crippen MR) is 129 cm³/mol. The fourth-order valence-corrected chi connectivity index (χ4v) is 4.04. The molecule has 0 spiro atoms. The van der Waals surface area contributed by atoms with Crippen LogP contribution in [0.3, 0.4) is 0 Å². The van der Waals surface area contributed by atoms with Crippen LogP contribution in [0.15, 0.2) is 79.0 Å². The molecule has 0 fully saturated rings. The highest BCUT2D eigenvalue weighted by molar-refractivity contribution is 5.86. The van der Waals surface area contributed by atoms with Crippen molar-refractivity contribution in [2.45, 2.75) is 13.0 Å². The number of H-pyrrole nitrogens is 1. The lowest BCUT2D eigenvalue weighted by Crippen LogP contribution is -2.38. The van der Waals surface area contributed by atoms with E-state index in [-0.39, 0.29) is 18.6 Å². The van der Waals surface area contributed by atoms with Crippen LogP contribution in [0.25, 0.3) is 10.9 Å². The van der Waals surface area contributed by atoms with Crippen LogP contribution in [0.5, 0.6) is 17.2 Å². The number of carbonyl (C=O) groups is 1. The molecule has 0 saturated heterocycles. The fraction of sp³-hybridized carbons (Fsp3) is 0.222. The smallest absolute Gasteiger partial charge is 0.261 e. The SMILES string of the molecule is CCN(C(=O)COc1ccc(OC)cc1)C(c1ccc(OC)cc1)c1c[nH]c2ccccc12. The summed E-state index contributed by atoms with van der Waals surface area (Å²) in [6, 6.07) is 22.9. The van der Waals surface area contributed by atoms with E-state index < -0.39 is 0 Å². The first-order valence-electron chi connectivity index (χ1n) is 10.9. The summed E-state index contributed by atoms with van der Waals surface area (Å²) in [6.45, 7) is 2.45. The van der Waals surface area contributed by atoms with Gasteiger partial charge in [0.1, 0.15) is 17.2 Å². The molecule has 0 saturated carbocycles. The van der Waals surface area contributed by atoms with Crippen molar-refractivity contribution in [3.8, 4) is 17.2 Å². The van der Waals surface area contributed by atoms with E-state index in [0.29, 0.717) is 12.3 Å². The van der Waals surface area contributed by atoms with Crippen LogP contribution in [-0.4, -0.2) is 43.2 Å². The maximum atomic E-state index is 13.4. The number of benzene rings is 3. The third-order valence-electron chi connectivity index (χ3n) is 5.74. The molecule has 1 N–H and O–H groups in total. The molecule has 1 unspecified atom stereocenters. The van der Waals surface area contributed by atoms with Crippen LogP contribution in [-0.2, 0) is 4.79 Å². The minimum atomic E-state index is -0.274.